The number of nitrogens with two attached hydrogens (primary N) is 1. The maximum Gasteiger partial charge on any atom is 0.243 e. The van der Waals surface area contributed by atoms with Crippen LogP contribution in [0.15, 0.2) is 17.0 Å². The molecule has 0 unspecified atom stereocenters. The molecule has 0 saturated heterocycles. The third-order valence-corrected chi connectivity index (χ3v) is 4.34. The number of hydrogen-bond donors (Lipinski definition) is 1. The van der Waals surface area contributed by atoms with Gasteiger partial charge >= 0.3 is 0 Å². The molecule has 84 valence electrons. The van der Waals surface area contributed by atoms with Crippen LogP contribution in [-0.4, -0.2) is 26.8 Å². The lowest BCUT2D eigenvalue weighted by molar-refractivity contribution is 0.519. The topological polar surface area (TPSA) is 63.4 Å². The van der Waals surface area contributed by atoms with Gasteiger partial charge in [0, 0.05) is 19.8 Å². The Balaban J connectivity index is 3.52. The standard InChI is InChI=1S/C10H16N2O2S/c1-7-5-9(11)6-8(2)10(7)15(13,14)12(3)4/h5-6H,11H2,1-4H3. The van der Waals surface area contributed by atoms with Gasteiger partial charge in [-0.05, 0) is 37.1 Å². The first-order valence-electron chi connectivity index (χ1n) is 4.56. The van der Waals surface area contributed by atoms with Gasteiger partial charge in [-0.2, -0.15) is 0 Å². The highest BCUT2D eigenvalue weighted by atomic mass is 32.2. The van der Waals surface area contributed by atoms with Gasteiger partial charge in [-0.25, -0.2) is 12.7 Å². The van der Waals surface area contributed by atoms with E-state index in [0.29, 0.717) is 21.7 Å². The molecule has 0 aliphatic carbocycles. The average Bonchev–Trinajstić information content (AvgIpc) is 2.00. The minimum absolute atomic E-state index is 0.349. The van der Waals surface area contributed by atoms with Gasteiger partial charge in [0.15, 0.2) is 0 Å². The summed E-state index contributed by atoms with van der Waals surface area (Å²) in [4.78, 5) is 0.349. The smallest absolute Gasteiger partial charge is 0.243 e. The molecule has 4 nitrogen and oxygen atoms in total. The summed E-state index contributed by atoms with van der Waals surface area (Å²) in [6.45, 7) is 3.50. The second kappa shape index (κ2) is 3.83. The van der Waals surface area contributed by atoms with Crippen molar-refractivity contribution >= 4 is 15.7 Å². The Hall–Kier alpha value is -1.07. The van der Waals surface area contributed by atoms with E-state index in [4.69, 9.17) is 5.73 Å². The van der Waals surface area contributed by atoms with E-state index in [0.717, 1.165) is 0 Å². The zero-order valence-corrected chi connectivity index (χ0v) is 10.2. The molecule has 1 aromatic rings. The molecule has 0 saturated carbocycles. The van der Waals surface area contributed by atoms with Crippen LogP contribution in [0.3, 0.4) is 0 Å². The van der Waals surface area contributed by atoms with Crippen molar-refractivity contribution in [1.29, 1.82) is 0 Å². The fourth-order valence-corrected chi connectivity index (χ4v) is 2.87. The Kier molecular flexibility index (Phi) is 3.06. The van der Waals surface area contributed by atoms with Crippen LogP contribution in [0.1, 0.15) is 11.1 Å². The number of sulfonamides is 1. The molecule has 5 heteroatoms. The molecule has 0 atom stereocenters. The number of nitrogens with zero attached hydrogens (tertiary/aromatic N) is 1. The lowest BCUT2D eigenvalue weighted by atomic mass is 10.1. The Labute approximate surface area is 90.8 Å². The number of hydrogen-bond acceptors (Lipinski definition) is 3. The predicted octanol–water partition coefficient (Wildman–Crippen LogP) is 1.14. The largest absolute Gasteiger partial charge is 0.399 e. The number of nitrogen functional groups attached to an aromatic ring is 1. The minimum Gasteiger partial charge on any atom is -0.399 e. The van der Waals surface area contributed by atoms with E-state index in [1.54, 1.807) is 26.0 Å². The molecular weight excluding hydrogens is 212 g/mol. The average molecular weight is 228 g/mol. The molecule has 0 heterocycles. The van der Waals surface area contributed by atoms with Gasteiger partial charge in [0.25, 0.3) is 0 Å². The molecule has 2 N–H and O–H groups in total. The Morgan fingerprint density at radius 1 is 1.13 bits per heavy atom. The summed E-state index contributed by atoms with van der Waals surface area (Å²) in [5.41, 5.74) is 7.59. The van der Waals surface area contributed by atoms with Crippen molar-refractivity contribution in [3.8, 4) is 0 Å². The summed E-state index contributed by atoms with van der Waals surface area (Å²) < 4.78 is 25.1. The summed E-state index contributed by atoms with van der Waals surface area (Å²) in [6.07, 6.45) is 0. The molecule has 0 aliphatic heterocycles. The molecule has 1 aromatic carbocycles. The van der Waals surface area contributed by atoms with E-state index >= 15 is 0 Å². The van der Waals surface area contributed by atoms with Crippen molar-refractivity contribution in [3.63, 3.8) is 0 Å². The normalized spacial score (nSPS) is 12.1. The van der Waals surface area contributed by atoms with E-state index in [2.05, 4.69) is 0 Å². The molecule has 0 fully saturated rings. The van der Waals surface area contributed by atoms with Crippen LogP contribution in [0.2, 0.25) is 0 Å². The van der Waals surface area contributed by atoms with Crippen LogP contribution < -0.4 is 5.73 Å². The second-order valence-corrected chi connectivity index (χ2v) is 5.86. The molecule has 1 rings (SSSR count). The van der Waals surface area contributed by atoms with E-state index in [1.807, 2.05) is 0 Å². The van der Waals surface area contributed by atoms with Crippen LogP contribution in [-0.2, 0) is 10.0 Å². The first kappa shape index (κ1) is 12.0. The monoisotopic (exact) mass is 228 g/mol. The van der Waals surface area contributed by atoms with Gasteiger partial charge in [-0.3, -0.25) is 0 Å². The van der Waals surface area contributed by atoms with Crippen molar-refractivity contribution in [3.05, 3.63) is 23.3 Å². The van der Waals surface area contributed by atoms with Crippen LogP contribution in [0.25, 0.3) is 0 Å². The Morgan fingerprint density at radius 3 is 1.87 bits per heavy atom. The highest BCUT2D eigenvalue weighted by molar-refractivity contribution is 7.89. The van der Waals surface area contributed by atoms with Gasteiger partial charge in [0.05, 0.1) is 4.90 Å². The second-order valence-electron chi connectivity index (χ2n) is 3.77. The predicted molar refractivity (Wildman–Crippen MR) is 61.2 cm³/mol. The van der Waals surface area contributed by atoms with E-state index in [-0.39, 0.29) is 0 Å². The highest BCUT2D eigenvalue weighted by Crippen LogP contribution is 2.24. The third kappa shape index (κ3) is 2.13. The molecular formula is C10H16N2O2S. The maximum absolute atomic E-state index is 12.0. The molecule has 0 aromatic heterocycles. The zero-order valence-electron chi connectivity index (χ0n) is 9.40. The van der Waals surface area contributed by atoms with E-state index < -0.39 is 10.0 Å². The van der Waals surface area contributed by atoms with Crippen molar-refractivity contribution in [1.82, 2.24) is 4.31 Å². The van der Waals surface area contributed by atoms with Crippen LogP contribution >= 0.6 is 0 Å². The molecule has 0 amide bonds. The summed E-state index contributed by atoms with van der Waals surface area (Å²) in [5, 5.41) is 0. The lowest BCUT2D eigenvalue weighted by Gasteiger charge is -2.16. The summed E-state index contributed by atoms with van der Waals surface area (Å²) in [7, 11) is -0.340. The third-order valence-electron chi connectivity index (χ3n) is 2.22. The van der Waals surface area contributed by atoms with Gasteiger partial charge in [-0.1, -0.05) is 0 Å². The fraction of sp³-hybridized carbons (Fsp3) is 0.400. The number of aryl methyl sites for hydroxylation is 2. The minimum atomic E-state index is -3.38. The lowest BCUT2D eigenvalue weighted by Crippen LogP contribution is -2.24. The van der Waals surface area contributed by atoms with Crippen molar-refractivity contribution in [2.24, 2.45) is 0 Å². The Morgan fingerprint density at radius 2 is 1.53 bits per heavy atom. The van der Waals surface area contributed by atoms with Crippen LogP contribution in [0.5, 0.6) is 0 Å². The summed E-state index contributed by atoms with van der Waals surface area (Å²) in [5.74, 6) is 0. The van der Waals surface area contributed by atoms with E-state index in [1.165, 1.54) is 18.4 Å². The molecule has 15 heavy (non-hydrogen) atoms. The summed E-state index contributed by atoms with van der Waals surface area (Å²) in [6, 6.07) is 3.34. The molecule has 0 bridgehead atoms. The first-order chi connectivity index (χ1) is 6.76. The number of benzene rings is 1. The number of rotatable bonds is 2. The van der Waals surface area contributed by atoms with Crippen LogP contribution in [0.4, 0.5) is 5.69 Å². The van der Waals surface area contributed by atoms with Crippen molar-refractivity contribution < 1.29 is 8.42 Å². The SMILES string of the molecule is Cc1cc(N)cc(C)c1S(=O)(=O)N(C)C. The Bertz CT molecular complexity index is 455. The van der Waals surface area contributed by atoms with E-state index in [9.17, 15) is 8.42 Å². The zero-order chi connectivity index (χ0) is 11.8. The fourth-order valence-electron chi connectivity index (χ4n) is 1.57. The van der Waals surface area contributed by atoms with Crippen molar-refractivity contribution in [2.45, 2.75) is 18.7 Å². The first-order valence-corrected chi connectivity index (χ1v) is 6.00. The molecule has 0 spiro atoms. The molecule has 0 aliphatic rings. The van der Waals surface area contributed by atoms with Gasteiger partial charge < -0.3 is 5.73 Å². The van der Waals surface area contributed by atoms with Gasteiger partial charge in [0.1, 0.15) is 0 Å². The highest BCUT2D eigenvalue weighted by Gasteiger charge is 2.22. The van der Waals surface area contributed by atoms with Gasteiger partial charge in [0.2, 0.25) is 10.0 Å². The maximum atomic E-state index is 12.0. The van der Waals surface area contributed by atoms with Crippen molar-refractivity contribution in [2.75, 3.05) is 19.8 Å². The van der Waals surface area contributed by atoms with Crippen LogP contribution in [0, 0.1) is 13.8 Å². The quantitative estimate of drug-likeness (QED) is 0.772. The number of anilines is 1. The van der Waals surface area contributed by atoms with Gasteiger partial charge in [-0.15, -0.1) is 0 Å². The molecule has 0 radical (unpaired) electrons. The summed E-state index contributed by atoms with van der Waals surface area (Å²) >= 11 is 0.